The highest BCUT2D eigenvalue weighted by atomic mass is 35.5. The zero-order valence-electron chi connectivity index (χ0n) is 14.9. The van der Waals surface area contributed by atoms with Crippen LogP contribution in [0.3, 0.4) is 0 Å². The summed E-state index contributed by atoms with van der Waals surface area (Å²) in [6, 6.07) is 14.8. The van der Waals surface area contributed by atoms with Crippen LogP contribution in [-0.2, 0) is 22.6 Å². The Bertz CT molecular complexity index is 806. The van der Waals surface area contributed by atoms with Crippen LogP contribution in [0.15, 0.2) is 48.5 Å². The van der Waals surface area contributed by atoms with Crippen LogP contribution in [0.1, 0.15) is 37.3 Å². The molecular weight excluding hydrogens is 348 g/mol. The van der Waals surface area contributed by atoms with Crippen molar-refractivity contribution >= 4 is 29.1 Å². The number of carbonyl (C=O) groups excluding carboxylic acids is 2. The van der Waals surface area contributed by atoms with E-state index in [1.807, 2.05) is 49.4 Å². The molecule has 136 valence electrons. The Hall–Kier alpha value is -2.33. The van der Waals surface area contributed by atoms with Crippen molar-refractivity contribution in [2.45, 2.75) is 45.2 Å². The lowest BCUT2D eigenvalue weighted by atomic mass is 10.1. The molecule has 0 bridgehead atoms. The van der Waals surface area contributed by atoms with E-state index in [0.717, 1.165) is 29.7 Å². The number of hydrogen-bond acceptors (Lipinski definition) is 2. The molecule has 2 aromatic carbocycles. The van der Waals surface area contributed by atoms with Gasteiger partial charge in [-0.05, 0) is 42.5 Å². The Morgan fingerprint density at radius 2 is 1.88 bits per heavy atom. The maximum atomic E-state index is 12.9. The number of nitrogens with zero attached hydrogens (tertiary/aromatic N) is 1. The first-order valence-electron chi connectivity index (χ1n) is 9.03. The Balaban J connectivity index is 1.82. The fraction of sp³-hybridized carbons (Fsp3) is 0.333. The van der Waals surface area contributed by atoms with Crippen LogP contribution in [-0.4, -0.2) is 17.9 Å². The number of nitrogens with one attached hydrogen (secondary N) is 1. The molecule has 26 heavy (non-hydrogen) atoms. The van der Waals surface area contributed by atoms with Gasteiger partial charge in [-0.1, -0.05) is 54.9 Å². The largest absolute Gasteiger partial charge is 0.350 e. The number of anilines is 1. The monoisotopic (exact) mass is 370 g/mol. The molecule has 2 amide bonds. The van der Waals surface area contributed by atoms with Crippen LogP contribution in [0.4, 0.5) is 5.69 Å². The maximum absolute atomic E-state index is 12.9. The Kier molecular flexibility index (Phi) is 5.94. The van der Waals surface area contributed by atoms with Gasteiger partial charge in [-0.25, -0.2) is 0 Å². The van der Waals surface area contributed by atoms with Crippen molar-refractivity contribution in [1.29, 1.82) is 0 Å². The summed E-state index contributed by atoms with van der Waals surface area (Å²) in [5, 5.41) is 3.56. The molecule has 0 radical (unpaired) electrons. The predicted octanol–water partition coefficient (Wildman–Crippen LogP) is 4.10. The summed E-state index contributed by atoms with van der Waals surface area (Å²) in [4.78, 5) is 27.3. The first-order chi connectivity index (χ1) is 12.6. The number of aryl methyl sites for hydroxylation is 1. The molecule has 4 nitrogen and oxygen atoms in total. The van der Waals surface area contributed by atoms with Crippen molar-refractivity contribution in [3.05, 3.63) is 64.7 Å². The molecule has 1 heterocycles. The van der Waals surface area contributed by atoms with Crippen LogP contribution >= 0.6 is 11.6 Å². The van der Waals surface area contributed by atoms with E-state index in [0.29, 0.717) is 24.4 Å². The third-order valence-corrected chi connectivity index (χ3v) is 5.14. The third kappa shape index (κ3) is 3.91. The highest BCUT2D eigenvalue weighted by molar-refractivity contribution is 6.31. The Labute approximate surface area is 159 Å². The summed E-state index contributed by atoms with van der Waals surface area (Å²) >= 11 is 6.17. The second kappa shape index (κ2) is 8.37. The van der Waals surface area contributed by atoms with Gasteiger partial charge in [0.1, 0.15) is 6.04 Å². The minimum atomic E-state index is -0.524. The van der Waals surface area contributed by atoms with Crippen LogP contribution in [0.2, 0.25) is 5.02 Å². The van der Waals surface area contributed by atoms with E-state index in [2.05, 4.69) is 5.32 Å². The molecule has 1 atom stereocenters. The second-order valence-corrected chi connectivity index (χ2v) is 6.89. The normalized spacial score (nSPS) is 15.2. The summed E-state index contributed by atoms with van der Waals surface area (Å²) in [6.07, 6.45) is 2.68. The molecule has 1 N–H and O–H groups in total. The number of rotatable bonds is 5. The standard InChI is InChI=1S/C21H23ClN2O2/c1-2-18(21(26)23-14-16-9-3-5-11-17(16)22)24-19-12-6-4-8-15(19)10-7-13-20(24)25/h3-6,8-9,11-12,18H,2,7,10,13-14H2,1H3,(H,23,26)/t18-/m1/s1. The summed E-state index contributed by atoms with van der Waals surface area (Å²) in [7, 11) is 0. The molecule has 0 aliphatic carbocycles. The van der Waals surface area contributed by atoms with Crippen LogP contribution in [0.5, 0.6) is 0 Å². The van der Waals surface area contributed by atoms with E-state index in [1.165, 1.54) is 0 Å². The summed E-state index contributed by atoms with van der Waals surface area (Å²) < 4.78 is 0. The first-order valence-corrected chi connectivity index (χ1v) is 9.40. The molecule has 0 aromatic heterocycles. The van der Waals surface area contributed by atoms with E-state index in [4.69, 9.17) is 11.6 Å². The predicted molar refractivity (Wildman–Crippen MR) is 104 cm³/mol. The lowest BCUT2D eigenvalue weighted by Gasteiger charge is -2.30. The molecule has 1 aliphatic heterocycles. The minimum absolute atomic E-state index is 0.00898. The van der Waals surface area contributed by atoms with Crippen molar-refractivity contribution in [2.75, 3.05) is 4.90 Å². The van der Waals surface area contributed by atoms with Gasteiger partial charge in [0.05, 0.1) is 0 Å². The van der Waals surface area contributed by atoms with Gasteiger partial charge in [-0.15, -0.1) is 0 Å². The number of halogens is 1. The molecule has 1 aliphatic rings. The van der Waals surface area contributed by atoms with Gasteiger partial charge in [0, 0.05) is 23.7 Å². The lowest BCUT2D eigenvalue weighted by molar-refractivity contribution is -0.126. The molecular formula is C21H23ClN2O2. The molecule has 0 fully saturated rings. The highest BCUT2D eigenvalue weighted by Crippen LogP contribution is 2.29. The SMILES string of the molecule is CC[C@H](C(=O)NCc1ccccc1Cl)N1C(=O)CCCc2ccccc21. The fourth-order valence-corrected chi connectivity index (χ4v) is 3.61. The molecule has 0 saturated heterocycles. The Morgan fingerprint density at radius 3 is 2.65 bits per heavy atom. The maximum Gasteiger partial charge on any atom is 0.243 e. The van der Waals surface area contributed by atoms with Crippen LogP contribution in [0.25, 0.3) is 0 Å². The molecule has 0 unspecified atom stereocenters. The van der Waals surface area contributed by atoms with Crippen LogP contribution < -0.4 is 10.2 Å². The average molecular weight is 371 g/mol. The highest BCUT2D eigenvalue weighted by Gasteiger charge is 2.32. The fourth-order valence-electron chi connectivity index (χ4n) is 3.41. The zero-order valence-corrected chi connectivity index (χ0v) is 15.6. The van der Waals surface area contributed by atoms with Crippen LogP contribution in [0, 0.1) is 0 Å². The van der Waals surface area contributed by atoms with Crippen molar-refractivity contribution in [3.63, 3.8) is 0 Å². The number of benzene rings is 2. The number of amides is 2. The molecule has 2 aromatic rings. The van der Waals surface area contributed by atoms with Gasteiger partial charge in [0.25, 0.3) is 0 Å². The number of carbonyl (C=O) groups is 2. The molecule has 0 saturated carbocycles. The van der Waals surface area contributed by atoms with Gasteiger partial charge in [0.15, 0.2) is 0 Å². The average Bonchev–Trinajstić information content (AvgIpc) is 2.81. The van der Waals surface area contributed by atoms with Crippen molar-refractivity contribution in [3.8, 4) is 0 Å². The van der Waals surface area contributed by atoms with E-state index < -0.39 is 6.04 Å². The van der Waals surface area contributed by atoms with Crippen molar-refractivity contribution in [1.82, 2.24) is 5.32 Å². The molecule has 0 spiro atoms. The van der Waals surface area contributed by atoms with E-state index >= 15 is 0 Å². The molecule has 3 rings (SSSR count). The van der Waals surface area contributed by atoms with Crippen molar-refractivity contribution < 1.29 is 9.59 Å². The van der Waals surface area contributed by atoms with E-state index in [1.54, 1.807) is 11.0 Å². The minimum Gasteiger partial charge on any atom is -0.350 e. The second-order valence-electron chi connectivity index (χ2n) is 6.48. The summed E-state index contributed by atoms with van der Waals surface area (Å²) in [6.45, 7) is 2.28. The van der Waals surface area contributed by atoms with Gasteiger partial charge in [-0.2, -0.15) is 0 Å². The molecule has 5 heteroatoms. The van der Waals surface area contributed by atoms with E-state index in [9.17, 15) is 9.59 Å². The van der Waals surface area contributed by atoms with Gasteiger partial charge in [0.2, 0.25) is 11.8 Å². The number of fused-ring (bicyclic) bond motifs is 1. The lowest BCUT2D eigenvalue weighted by Crippen LogP contribution is -2.49. The zero-order chi connectivity index (χ0) is 18.5. The summed E-state index contributed by atoms with van der Waals surface area (Å²) in [5.41, 5.74) is 2.84. The number of hydrogen-bond donors (Lipinski definition) is 1. The Morgan fingerprint density at radius 1 is 1.15 bits per heavy atom. The van der Waals surface area contributed by atoms with Gasteiger partial charge < -0.3 is 5.32 Å². The quantitative estimate of drug-likeness (QED) is 0.861. The summed E-state index contributed by atoms with van der Waals surface area (Å²) in [5.74, 6) is -0.146. The topological polar surface area (TPSA) is 49.4 Å². The van der Waals surface area contributed by atoms with Crippen molar-refractivity contribution in [2.24, 2.45) is 0 Å². The smallest absolute Gasteiger partial charge is 0.243 e. The van der Waals surface area contributed by atoms with Gasteiger partial charge >= 0.3 is 0 Å². The van der Waals surface area contributed by atoms with E-state index in [-0.39, 0.29) is 11.8 Å². The first kappa shape index (κ1) is 18.5. The third-order valence-electron chi connectivity index (χ3n) is 4.77. The number of para-hydroxylation sites is 1. The van der Waals surface area contributed by atoms with Gasteiger partial charge in [-0.3, -0.25) is 14.5 Å².